The van der Waals surface area contributed by atoms with Crippen LogP contribution in [0.4, 0.5) is 0 Å². The molecular formula is C40H52O8. The Kier molecular flexibility index (Phi) is 5.28. The number of aliphatic hydroxyl groups is 1. The Morgan fingerprint density at radius 2 is 1.35 bits per heavy atom. The Morgan fingerprint density at radius 3 is 2.00 bits per heavy atom. The third-order valence-electron chi connectivity index (χ3n) is 18.9. The van der Waals surface area contributed by atoms with Crippen molar-refractivity contribution in [2.45, 2.75) is 159 Å². The van der Waals surface area contributed by atoms with Gasteiger partial charge in [-0.1, -0.05) is 20.4 Å². The first-order valence-corrected chi connectivity index (χ1v) is 19.1. The number of Topliss-reactive ketones (excluding diaryl/α,β-unsaturated/α-hetero) is 1. The minimum absolute atomic E-state index is 0.0394. The first kappa shape index (κ1) is 30.6. The van der Waals surface area contributed by atoms with E-state index < -0.39 is 50.0 Å². The van der Waals surface area contributed by atoms with Crippen molar-refractivity contribution in [2.24, 2.45) is 50.2 Å². The lowest BCUT2D eigenvalue weighted by molar-refractivity contribution is -0.236. The first-order valence-electron chi connectivity index (χ1n) is 19.1. The minimum Gasteiger partial charge on any atom is -0.458 e. The number of rotatable bonds is 2. The second kappa shape index (κ2) is 8.29. The van der Waals surface area contributed by atoms with Crippen molar-refractivity contribution in [2.75, 3.05) is 0 Å². The Balaban J connectivity index is 0.970. The van der Waals surface area contributed by atoms with E-state index in [0.29, 0.717) is 44.1 Å². The van der Waals surface area contributed by atoms with E-state index in [1.54, 1.807) is 0 Å². The second-order valence-corrected chi connectivity index (χ2v) is 19.7. The van der Waals surface area contributed by atoms with Crippen molar-refractivity contribution in [3.8, 4) is 0 Å². The molecule has 2 saturated heterocycles. The number of carbonyl (C=O) groups is 4. The average molecular weight is 661 g/mol. The van der Waals surface area contributed by atoms with Gasteiger partial charge in [-0.05, 0) is 128 Å². The van der Waals surface area contributed by atoms with E-state index >= 15 is 0 Å². The van der Waals surface area contributed by atoms with E-state index in [1.807, 2.05) is 0 Å². The molecule has 0 aromatic carbocycles. The zero-order valence-electron chi connectivity index (χ0n) is 29.3. The van der Waals surface area contributed by atoms with Crippen molar-refractivity contribution in [1.82, 2.24) is 0 Å². The molecule has 2 spiro atoms. The molecular weight excluding hydrogens is 608 g/mol. The SMILES string of the molecule is C=C1C(=O)[C@@]23CC[C@@H]4[C@@]5(C)CCC[C@@]4(OC5=O)[C@@]2(C)CC[C@]1(OC(=O)[C@@]1(O)C[C@@]24CC[C@@H]5[C@@]6(C)CCC[C@@]5(OC6=O)[C@@]2(C)CC[C@@H]1C4)C3. The van der Waals surface area contributed by atoms with Gasteiger partial charge < -0.3 is 19.3 Å². The summed E-state index contributed by atoms with van der Waals surface area (Å²) >= 11 is 0. The summed E-state index contributed by atoms with van der Waals surface area (Å²) in [4.78, 5) is 56.0. The number of ether oxygens (including phenoxy) is 3. The summed E-state index contributed by atoms with van der Waals surface area (Å²) in [5.41, 5.74) is -6.70. The Bertz CT molecular complexity index is 1650. The van der Waals surface area contributed by atoms with Crippen LogP contribution in [0, 0.1) is 50.2 Å². The predicted octanol–water partition coefficient (Wildman–Crippen LogP) is 6.30. The standard InChI is InChI=1S/C40H52O8/c1-23-27(41)36-17-10-26-32(3)12-7-14-40(26,48-29(32)43)34(36,5)18-19-37(23,22-36)46-30(44)38(45)21-35-16-9-25-31(2)11-6-13-39(25,47-28(31)42)33(35,4)15-8-24(38)20-35/h24-26,45H,1,6-22H2,2-5H3/t24-,25-,26-,31-,32-,33+,34+,35+,36+,37+,38-,39+,40+/m1/s1. The highest BCUT2D eigenvalue weighted by molar-refractivity contribution is 6.06. The lowest BCUT2D eigenvalue weighted by Gasteiger charge is -2.64. The molecule has 0 unspecified atom stereocenters. The fourth-order valence-electron chi connectivity index (χ4n) is 16.2. The number of carbonyl (C=O) groups excluding carboxylic acids is 4. The van der Waals surface area contributed by atoms with Crippen LogP contribution in [0.1, 0.15) is 137 Å². The highest BCUT2D eigenvalue weighted by Crippen LogP contribution is 2.80. The molecule has 8 heteroatoms. The molecule has 8 bridgehead atoms. The maximum atomic E-state index is 14.6. The highest BCUT2D eigenvalue weighted by Gasteiger charge is 2.83. The van der Waals surface area contributed by atoms with E-state index in [1.165, 1.54) is 0 Å². The maximum Gasteiger partial charge on any atom is 0.339 e. The van der Waals surface area contributed by atoms with Gasteiger partial charge in [-0.2, -0.15) is 0 Å². The van der Waals surface area contributed by atoms with Gasteiger partial charge in [0.25, 0.3) is 0 Å². The van der Waals surface area contributed by atoms with Gasteiger partial charge in [-0.15, -0.1) is 0 Å². The molecule has 10 rings (SSSR count). The van der Waals surface area contributed by atoms with Gasteiger partial charge in [-0.3, -0.25) is 14.4 Å². The molecule has 0 amide bonds. The lowest BCUT2D eigenvalue weighted by Crippen LogP contribution is -2.67. The molecule has 13 atom stereocenters. The largest absolute Gasteiger partial charge is 0.458 e. The summed E-state index contributed by atoms with van der Waals surface area (Å²) in [5.74, 6) is -0.800. The molecule has 0 radical (unpaired) electrons. The number of hydrogen-bond acceptors (Lipinski definition) is 8. The zero-order valence-corrected chi connectivity index (χ0v) is 29.3. The quantitative estimate of drug-likeness (QED) is 0.208. The Labute approximate surface area is 283 Å². The maximum absolute atomic E-state index is 14.6. The highest BCUT2D eigenvalue weighted by atomic mass is 16.6. The normalized spacial score (nSPS) is 60.0. The van der Waals surface area contributed by atoms with Crippen LogP contribution < -0.4 is 0 Å². The summed E-state index contributed by atoms with van der Waals surface area (Å²) in [6.07, 6.45) is 12.2. The second-order valence-electron chi connectivity index (χ2n) is 19.7. The molecule has 48 heavy (non-hydrogen) atoms. The molecule has 0 aromatic heterocycles. The average Bonchev–Trinajstić information content (AvgIpc) is 3.49. The van der Waals surface area contributed by atoms with Gasteiger partial charge in [0.05, 0.1) is 10.8 Å². The number of ketones is 1. The van der Waals surface area contributed by atoms with Gasteiger partial charge in [0.15, 0.2) is 11.4 Å². The molecule has 1 N–H and O–H groups in total. The Morgan fingerprint density at radius 1 is 0.750 bits per heavy atom. The molecule has 8 nitrogen and oxygen atoms in total. The topological polar surface area (TPSA) is 116 Å². The van der Waals surface area contributed by atoms with Gasteiger partial charge in [-0.25, -0.2) is 4.79 Å². The van der Waals surface area contributed by atoms with Crippen molar-refractivity contribution >= 4 is 23.7 Å². The molecule has 2 aliphatic heterocycles. The summed E-state index contributed by atoms with van der Waals surface area (Å²) < 4.78 is 19.6. The van der Waals surface area contributed by atoms with Crippen LogP contribution >= 0.6 is 0 Å². The van der Waals surface area contributed by atoms with E-state index in [4.69, 9.17) is 14.2 Å². The molecule has 2 heterocycles. The fourth-order valence-corrected chi connectivity index (χ4v) is 16.2. The molecule has 10 fully saturated rings. The van der Waals surface area contributed by atoms with Gasteiger partial charge in [0, 0.05) is 40.1 Å². The van der Waals surface area contributed by atoms with Crippen molar-refractivity contribution in [3.05, 3.63) is 12.2 Å². The van der Waals surface area contributed by atoms with Crippen LogP contribution in [0.2, 0.25) is 0 Å². The predicted molar refractivity (Wildman–Crippen MR) is 172 cm³/mol. The summed E-state index contributed by atoms with van der Waals surface area (Å²) in [6.45, 7) is 12.9. The van der Waals surface area contributed by atoms with Crippen molar-refractivity contribution in [1.29, 1.82) is 0 Å². The van der Waals surface area contributed by atoms with E-state index in [0.717, 1.165) is 70.6 Å². The van der Waals surface area contributed by atoms with Crippen LogP contribution in [0.5, 0.6) is 0 Å². The minimum atomic E-state index is -1.67. The number of esters is 3. The van der Waals surface area contributed by atoms with Crippen molar-refractivity contribution < 1.29 is 38.5 Å². The van der Waals surface area contributed by atoms with Gasteiger partial charge in [0.2, 0.25) is 0 Å². The third kappa shape index (κ3) is 2.75. The zero-order chi connectivity index (χ0) is 33.8. The van der Waals surface area contributed by atoms with Crippen LogP contribution in [0.3, 0.4) is 0 Å². The van der Waals surface area contributed by atoms with Crippen LogP contribution in [0.15, 0.2) is 12.2 Å². The lowest BCUT2D eigenvalue weighted by atomic mass is 9.39. The van der Waals surface area contributed by atoms with Gasteiger partial charge in [0.1, 0.15) is 16.8 Å². The van der Waals surface area contributed by atoms with Gasteiger partial charge >= 0.3 is 17.9 Å². The molecule has 10 aliphatic rings. The third-order valence-corrected chi connectivity index (χ3v) is 18.9. The first-order chi connectivity index (χ1) is 22.5. The fraction of sp³-hybridized carbons (Fsp3) is 0.850. The Hall–Kier alpha value is -2.22. The monoisotopic (exact) mass is 660 g/mol. The smallest absolute Gasteiger partial charge is 0.339 e. The molecule has 8 aliphatic carbocycles. The van der Waals surface area contributed by atoms with E-state index in [2.05, 4.69) is 34.3 Å². The number of hydrogen-bond donors (Lipinski definition) is 1. The molecule has 0 aromatic rings. The number of fused-ring (bicyclic) bond motifs is 2. The summed E-state index contributed by atoms with van der Waals surface area (Å²) in [6, 6.07) is 0. The van der Waals surface area contributed by atoms with E-state index in [-0.39, 0.29) is 46.3 Å². The molecule has 260 valence electrons. The van der Waals surface area contributed by atoms with Crippen molar-refractivity contribution in [3.63, 3.8) is 0 Å². The molecule has 8 saturated carbocycles. The summed E-state index contributed by atoms with van der Waals surface area (Å²) in [7, 11) is 0. The summed E-state index contributed by atoms with van der Waals surface area (Å²) in [5, 5.41) is 12.6. The van der Waals surface area contributed by atoms with Crippen LogP contribution in [0.25, 0.3) is 0 Å². The van der Waals surface area contributed by atoms with Crippen LogP contribution in [-0.2, 0) is 33.4 Å². The van der Waals surface area contributed by atoms with Crippen LogP contribution in [-0.4, -0.2) is 51.2 Å². The van der Waals surface area contributed by atoms with E-state index in [9.17, 15) is 24.3 Å².